The van der Waals surface area contributed by atoms with Gasteiger partial charge < -0.3 is 10.2 Å². The molecule has 5 nitrogen and oxygen atoms in total. The van der Waals surface area contributed by atoms with Crippen LogP contribution in [0.15, 0.2) is 78.9 Å². The first-order chi connectivity index (χ1) is 16.6. The number of anilines is 1. The average molecular weight is 474 g/mol. The summed E-state index contributed by atoms with van der Waals surface area (Å²) in [4.78, 5) is 31.2. The van der Waals surface area contributed by atoms with Crippen LogP contribution in [0.2, 0.25) is 5.02 Å². The topological polar surface area (TPSA) is 52.7 Å². The lowest BCUT2D eigenvalue weighted by Gasteiger charge is -2.37. The van der Waals surface area contributed by atoms with Gasteiger partial charge in [-0.05, 0) is 48.7 Å². The second-order valence-electron chi connectivity index (χ2n) is 9.02. The van der Waals surface area contributed by atoms with E-state index in [-0.39, 0.29) is 11.8 Å². The highest BCUT2D eigenvalue weighted by atomic mass is 35.5. The zero-order chi connectivity index (χ0) is 23.5. The Labute approximate surface area is 205 Å². The maximum Gasteiger partial charge on any atom is 0.254 e. The molecule has 2 heterocycles. The van der Waals surface area contributed by atoms with Crippen LogP contribution in [0.25, 0.3) is 0 Å². The first-order valence-electron chi connectivity index (χ1n) is 11.8. The van der Waals surface area contributed by atoms with E-state index in [4.69, 9.17) is 11.6 Å². The Balaban J connectivity index is 1.38. The van der Waals surface area contributed by atoms with Crippen molar-refractivity contribution >= 4 is 29.1 Å². The number of benzene rings is 3. The zero-order valence-electron chi connectivity index (χ0n) is 19.0. The lowest BCUT2D eigenvalue weighted by atomic mass is 9.90. The quantitative estimate of drug-likeness (QED) is 0.565. The minimum absolute atomic E-state index is 0.0126. The first kappa shape index (κ1) is 22.6. The fourth-order valence-corrected chi connectivity index (χ4v) is 5.27. The fraction of sp³-hybridized carbons (Fsp3) is 0.286. The number of nitrogens with zero attached hydrogens (tertiary/aromatic N) is 2. The third-order valence-corrected chi connectivity index (χ3v) is 7.20. The molecule has 174 valence electrons. The average Bonchev–Trinajstić information content (AvgIpc) is 3.34. The molecule has 2 saturated heterocycles. The summed E-state index contributed by atoms with van der Waals surface area (Å²) in [6.07, 6.45) is 2.35. The van der Waals surface area contributed by atoms with Gasteiger partial charge in [-0.3, -0.25) is 14.5 Å². The molecule has 3 aromatic rings. The van der Waals surface area contributed by atoms with Gasteiger partial charge in [0.05, 0.1) is 16.6 Å². The number of rotatable bonds is 5. The van der Waals surface area contributed by atoms with Crippen molar-refractivity contribution in [2.75, 3.05) is 31.5 Å². The Morgan fingerprint density at radius 3 is 2.24 bits per heavy atom. The number of halogens is 1. The van der Waals surface area contributed by atoms with E-state index in [1.54, 1.807) is 18.2 Å². The summed E-state index contributed by atoms with van der Waals surface area (Å²) >= 11 is 6.45. The monoisotopic (exact) mass is 473 g/mol. The van der Waals surface area contributed by atoms with Crippen LogP contribution in [0.3, 0.4) is 0 Å². The molecule has 2 aliphatic rings. The van der Waals surface area contributed by atoms with Crippen LogP contribution < -0.4 is 5.32 Å². The number of amides is 2. The van der Waals surface area contributed by atoms with E-state index in [9.17, 15) is 9.59 Å². The lowest BCUT2D eigenvalue weighted by molar-refractivity contribution is -0.116. The van der Waals surface area contributed by atoms with E-state index in [0.29, 0.717) is 22.3 Å². The van der Waals surface area contributed by atoms with Crippen LogP contribution in [-0.2, 0) is 4.79 Å². The highest BCUT2D eigenvalue weighted by Crippen LogP contribution is 2.30. The van der Waals surface area contributed by atoms with Crippen LogP contribution >= 0.6 is 11.6 Å². The first-order valence-corrected chi connectivity index (χ1v) is 12.2. The molecule has 0 saturated carbocycles. The minimum Gasteiger partial charge on any atom is -0.336 e. The summed E-state index contributed by atoms with van der Waals surface area (Å²) in [5.74, 6) is -0.696. The molecule has 5 rings (SSSR count). The maximum atomic E-state index is 13.5. The summed E-state index contributed by atoms with van der Waals surface area (Å²) in [6, 6.07) is 24.9. The maximum absolute atomic E-state index is 13.5. The van der Waals surface area contributed by atoms with Gasteiger partial charge in [-0.25, -0.2) is 0 Å². The lowest BCUT2D eigenvalue weighted by Crippen LogP contribution is -2.52. The van der Waals surface area contributed by atoms with Crippen LogP contribution in [0.1, 0.15) is 40.2 Å². The molecular weight excluding hydrogens is 446 g/mol. The Morgan fingerprint density at radius 1 is 0.882 bits per heavy atom. The van der Waals surface area contributed by atoms with E-state index in [1.165, 1.54) is 6.42 Å². The molecule has 2 aliphatic heterocycles. The SMILES string of the molecule is O=C(Nc1cc(C(=O)N2CCN3CCC[C@@H]3C2)ccc1Cl)C(c1ccccc1)c1ccccc1. The standard InChI is InChI=1S/C28H28ClN3O2/c29-24-14-13-22(28(34)32-17-16-31-15-7-12-23(31)19-32)18-25(24)30-27(33)26(20-8-3-1-4-9-20)21-10-5-2-6-11-21/h1-6,8-11,13-14,18,23,26H,7,12,15-17,19H2,(H,30,33)/t23-/m1/s1. The summed E-state index contributed by atoms with van der Waals surface area (Å²) in [6.45, 7) is 3.54. The zero-order valence-corrected chi connectivity index (χ0v) is 19.7. The van der Waals surface area contributed by atoms with E-state index >= 15 is 0 Å². The van der Waals surface area contributed by atoms with Gasteiger partial charge in [0.2, 0.25) is 5.91 Å². The molecule has 0 aromatic heterocycles. The van der Waals surface area contributed by atoms with Crippen molar-refractivity contribution in [1.29, 1.82) is 0 Å². The number of fused-ring (bicyclic) bond motifs is 1. The van der Waals surface area contributed by atoms with Crippen LogP contribution in [-0.4, -0.2) is 53.8 Å². The predicted molar refractivity (Wildman–Crippen MR) is 135 cm³/mol. The Hall–Kier alpha value is -3.15. The van der Waals surface area contributed by atoms with Gasteiger partial charge in [-0.15, -0.1) is 0 Å². The van der Waals surface area contributed by atoms with Gasteiger partial charge in [0, 0.05) is 31.2 Å². The Bertz CT molecular complexity index is 1130. The van der Waals surface area contributed by atoms with Gasteiger partial charge in [0.25, 0.3) is 5.91 Å². The molecule has 2 fully saturated rings. The molecule has 3 aromatic carbocycles. The second kappa shape index (κ2) is 10.00. The smallest absolute Gasteiger partial charge is 0.254 e. The van der Waals surface area contributed by atoms with Crippen molar-refractivity contribution in [3.05, 3.63) is 101 Å². The largest absolute Gasteiger partial charge is 0.336 e. The number of piperazine rings is 1. The van der Waals surface area contributed by atoms with E-state index in [2.05, 4.69) is 10.2 Å². The Kier molecular flexibility index (Phi) is 6.66. The number of nitrogens with one attached hydrogen (secondary N) is 1. The van der Waals surface area contributed by atoms with Gasteiger partial charge in [0.1, 0.15) is 0 Å². The molecule has 2 amide bonds. The summed E-state index contributed by atoms with van der Waals surface area (Å²) in [5.41, 5.74) is 2.78. The Morgan fingerprint density at radius 2 is 1.56 bits per heavy atom. The van der Waals surface area contributed by atoms with Crippen LogP contribution in [0, 0.1) is 0 Å². The number of hydrogen-bond donors (Lipinski definition) is 1. The van der Waals surface area contributed by atoms with Gasteiger partial charge >= 0.3 is 0 Å². The number of carbonyl (C=O) groups is 2. The molecule has 0 aliphatic carbocycles. The number of hydrogen-bond acceptors (Lipinski definition) is 3. The number of carbonyl (C=O) groups excluding carboxylic acids is 2. The predicted octanol–water partition coefficient (Wildman–Crippen LogP) is 5.03. The van der Waals surface area contributed by atoms with Crippen molar-refractivity contribution in [2.24, 2.45) is 0 Å². The summed E-state index contributed by atoms with van der Waals surface area (Å²) < 4.78 is 0. The normalized spacial score (nSPS) is 18.1. The molecule has 0 spiro atoms. The highest BCUT2D eigenvalue weighted by Gasteiger charge is 2.33. The van der Waals surface area contributed by atoms with Crippen molar-refractivity contribution in [1.82, 2.24) is 9.80 Å². The minimum atomic E-state index is -0.492. The highest BCUT2D eigenvalue weighted by molar-refractivity contribution is 6.34. The van der Waals surface area contributed by atoms with E-state index in [1.807, 2.05) is 65.6 Å². The summed E-state index contributed by atoms with van der Waals surface area (Å²) in [7, 11) is 0. The third-order valence-electron chi connectivity index (χ3n) is 6.87. The van der Waals surface area contributed by atoms with Crippen molar-refractivity contribution in [3.63, 3.8) is 0 Å². The van der Waals surface area contributed by atoms with Gasteiger partial charge in [-0.1, -0.05) is 72.3 Å². The molecule has 0 bridgehead atoms. The molecule has 0 unspecified atom stereocenters. The summed E-state index contributed by atoms with van der Waals surface area (Å²) in [5, 5.41) is 3.40. The molecule has 34 heavy (non-hydrogen) atoms. The molecule has 1 N–H and O–H groups in total. The van der Waals surface area contributed by atoms with Gasteiger partial charge in [0.15, 0.2) is 0 Å². The van der Waals surface area contributed by atoms with Crippen molar-refractivity contribution < 1.29 is 9.59 Å². The van der Waals surface area contributed by atoms with E-state index < -0.39 is 5.92 Å². The molecule has 0 radical (unpaired) electrons. The second-order valence-corrected chi connectivity index (χ2v) is 9.43. The van der Waals surface area contributed by atoms with Gasteiger partial charge in [-0.2, -0.15) is 0 Å². The van der Waals surface area contributed by atoms with Crippen molar-refractivity contribution in [2.45, 2.75) is 24.8 Å². The molecule has 6 heteroatoms. The molecular formula is C28H28ClN3O2. The van der Waals surface area contributed by atoms with E-state index in [0.717, 1.165) is 43.7 Å². The van der Waals surface area contributed by atoms with Crippen LogP contribution in [0.4, 0.5) is 5.69 Å². The third kappa shape index (κ3) is 4.72. The molecule has 1 atom stereocenters. The fourth-order valence-electron chi connectivity index (χ4n) is 5.10. The van der Waals surface area contributed by atoms with Crippen molar-refractivity contribution in [3.8, 4) is 0 Å². The van der Waals surface area contributed by atoms with Crippen LogP contribution in [0.5, 0.6) is 0 Å².